The van der Waals surface area contributed by atoms with Gasteiger partial charge in [0.15, 0.2) is 0 Å². The van der Waals surface area contributed by atoms with E-state index in [1.165, 1.54) is 11.3 Å². The lowest BCUT2D eigenvalue weighted by atomic mass is 10.1. The maximum atomic E-state index is 6.06. The second-order valence-electron chi connectivity index (χ2n) is 4.66. The highest BCUT2D eigenvalue weighted by Crippen LogP contribution is 2.26. The van der Waals surface area contributed by atoms with Crippen molar-refractivity contribution in [3.63, 3.8) is 0 Å². The fourth-order valence-electron chi connectivity index (χ4n) is 2.40. The third-order valence-corrected chi connectivity index (χ3v) is 3.63. The van der Waals surface area contributed by atoms with Gasteiger partial charge in [0.05, 0.1) is 12.7 Å². The number of halogens is 1. The van der Waals surface area contributed by atoms with Crippen LogP contribution < -0.4 is 10.6 Å². The van der Waals surface area contributed by atoms with Gasteiger partial charge in [-0.05, 0) is 43.1 Å². The zero-order valence-electron chi connectivity index (χ0n) is 10.9. The molecule has 0 aliphatic carbocycles. The summed E-state index contributed by atoms with van der Waals surface area (Å²) in [5, 5.41) is 0.780. The molecular weight excluding hydrogens is 248 g/mol. The summed E-state index contributed by atoms with van der Waals surface area (Å²) in [4.78, 5) is 2.39. The molecule has 0 saturated carbocycles. The van der Waals surface area contributed by atoms with Gasteiger partial charge in [-0.15, -0.1) is 0 Å². The van der Waals surface area contributed by atoms with E-state index in [1.54, 1.807) is 0 Å². The number of anilines is 1. The number of rotatable bonds is 4. The van der Waals surface area contributed by atoms with Crippen molar-refractivity contribution in [2.24, 2.45) is 5.73 Å². The number of nitrogens with two attached hydrogens (primary N) is 1. The average molecular weight is 269 g/mol. The van der Waals surface area contributed by atoms with Crippen molar-refractivity contribution in [2.75, 3.05) is 31.1 Å². The summed E-state index contributed by atoms with van der Waals surface area (Å²) in [5.41, 5.74) is 8.17. The van der Waals surface area contributed by atoms with Crippen LogP contribution >= 0.6 is 11.6 Å². The van der Waals surface area contributed by atoms with Crippen molar-refractivity contribution in [1.82, 2.24) is 0 Å². The van der Waals surface area contributed by atoms with Crippen LogP contribution in [0.5, 0.6) is 0 Å². The molecule has 0 aromatic heterocycles. The largest absolute Gasteiger partial charge is 0.375 e. The smallest absolute Gasteiger partial charge is 0.0748 e. The van der Waals surface area contributed by atoms with E-state index in [1.807, 2.05) is 12.1 Å². The van der Waals surface area contributed by atoms with Crippen LogP contribution in [-0.4, -0.2) is 32.3 Å². The molecule has 1 unspecified atom stereocenters. The van der Waals surface area contributed by atoms with Crippen molar-refractivity contribution in [2.45, 2.75) is 25.9 Å². The summed E-state index contributed by atoms with van der Waals surface area (Å²) >= 11 is 6.06. The van der Waals surface area contributed by atoms with Gasteiger partial charge < -0.3 is 15.4 Å². The summed E-state index contributed by atoms with van der Waals surface area (Å²) in [6, 6.07) is 6.08. The number of benzene rings is 1. The molecule has 1 atom stereocenters. The van der Waals surface area contributed by atoms with E-state index < -0.39 is 0 Å². The fraction of sp³-hybridized carbons (Fsp3) is 0.571. The zero-order chi connectivity index (χ0) is 13.0. The highest BCUT2D eigenvalue weighted by atomic mass is 35.5. The Morgan fingerprint density at radius 3 is 3.06 bits per heavy atom. The molecule has 0 amide bonds. The van der Waals surface area contributed by atoms with E-state index in [4.69, 9.17) is 22.1 Å². The molecule has 1 saturated heterocycles. The lowest BCUT2D eigenvalue weighted by Crippen LogP contribution is -2.42. The van der Waals surface area contributed by atoms with E-state index in [2.05, 4.69) is 17.9 Å². The zero-order valence-corrected chi connectivity index (χ0v) is 11.6. The van der Waals surface area contributed by atoms with E-state index >= 15 is 0 Å². The minimum absolute atomic E-state index is 0.333. The van der Waals surface area contributed by atoms with Gasteiger partial charge >= 0.3 is 0 Å². The first kappa shape index (κ1) is 13.7. The first-order valence-electron chi connectivity index (χ1n) is 6.59. The minimum Gasteiger partial charge on any atom is -0.375 e. The van der Waals surface area contributed by atoms with Crippen molar-refractivity contribution >= 4 is 17.3 Å². The van der Waals surface area contributed by atoms with E-state index in [0.717, 1.165) is 37.6 Å². The Morgan fingerprint density at radius 1 is 1.50 bits per heavy atom. The molecule has 3 nitrogen and oxygen atoms in total. The molecule has 1 aliphatic rings. The molecular formula is C14H21ClN2O. The van der Waals surface area contributed by atoms with Gasteiger partial charge in [-0.25, -0.2) is 0 Å². The first-order valence-corrected chi connectivity index (χ1v) is 6.97. The molecule has 0 bridgehead atoms. The van der Waals surface area contributed by atoms with E-state index in [-0.39, 0.29) is 0 Å². The predicted molar refractivity (Wildman–Crippen MR) is 76.5 cm³/mol. The van der Waals surface area contributed by atoms with Crippen LogP contribution in [0.15, 0.2) is 18.2 Å². The Hall–Kier alpha value is -0.770. The molecule has 0 spiro atoms. The Bertz CT molecular complexity index is 397. The Morgan fingerprint density at radius 2 is 2.33 bits per heavy atom. The topological polar surface area (TPSA) is 38.5 Å². The Kier molecular flexibility index (Phi) is 4.87. The van der Waals surface area contributed by atoms with Gasteiger partial charge in [-0.2, -0.15) is 0 Å². The molecule has 1 fully saturated rings. The molecule has 2 rings (SSSR count). The molecule has 1 aromatic carbocycles. The molecule has 0 radical (unpaired) electrons. The fourth-order valence-corrected chi connectivity index (χ4v) is 2.60. The Labute approximate surface area is 114 Å². The van der Waals surface area contributed by atoms with E-state index in [0.29, 0.717) is 12.6 Å². The second-order valence-corrected chi connectivity index (χ2v) is 5.10. The minimum atomic E-state index is 0.333. The number of nitrogens with zero attached hydrogens (tertiary/aromatic N) is 1. The van der Waals surface area contributed by atoms with Gasteiger partial charge in [0, 0.05) is 23.8 Å². The van der Waals surface area contributed by atoms with Crippen LogP contribution in [0.3, 0.4) is 0 Å². The van der Waals surface area contributed by atoms with Crippen LogP contribution in [0.25, 0.3) is 0 Å². The van der Waals surface area contributed by atoms with Crippen LogP contribution in [0.4, 0.5) is 5.69 Å². The normalized spacial score (nSPS) is 20.2. The molecule has 18 heavy (non-hydrogen) atoms. The maximum absolute atomic E-state index is 6.06. The van der Waals surface area contributed by atoms with Gasteiger partial charge in [-0.3, -0.25) is 0 Å². The summed E-state index contributed by atoms with van der Waals surface area (Å²) in [6.45, 7) is 5.50. The number of hydrogen-bond acceptors (Lipinski definition) is 3. The lowest BCUT2D eigenvalue weighted by molar-refractivity contribution is 0.0384. The molecule has 1 aromatic rings. The summed E-state index contributed by atoms with van der Waals surface area (Å²) < 4.78 is 5.71. The van der Waals surface area contributed by atoms with Crippen molar-refractivity contribution in [3.05, 3.63) is 28.8 Å². The summed E-state index contributed by atoms with van der Waals surface area (Å²) in [5.74, 6) is 0. The summed E-state index contributed by atoms with van der Waals surface area (Å²) in [7, 11) is 0. The number of hydrogen-bond donors (Lipinski definition) is 1. The molecule has 1 aliphatic heterocycles. The van der Waals surface area contributed by atoms with Gasteiger partial charge in [-0.1, -0.05) is 18.5 Å². The van der Waals surface area contributed by atoms with Crippen molar-refractivity contribution < 1.29 is 4.74 Å². The predicted octanol–water partition coefficient (Wildman–Crippen LogP) is 2.46. The van der Waals surface area contributed by atoms with Gasteiger partial charge in [0.2, 0.25) is 0 Å². The molecule has 2 N–H and O–H groups in total. The lowest BCUT2D eigenvalue weighted by Gasteiger charge is -2.35. The average Bonchev–Trinajstić information content (AvgIpc) is 2.39. The van der Waals surface area contributed by atoms with Crippen LogP contribution in [-0.2, 0) is 11.2 Å². The number of ether oxygens (including phenoxy) is 1. The first-order chi connectivity index (χ1) is 8.74. The molecule has 100 valence electrons. The quantitative estimate of drug-likeness (QED) is 0.912. The van der Waals surface area contributed by atoms with Crippen molar-refractivity contribution in [3.8, 4) is 0 Å². The molecule has 4 heteroatoms. The van der Waals surface area contributed by atoms with Crippen LogP contribution in [0, 0.1) is 0 Å². The number of morpholine rings is 1. The SMILES string of the molecule is CCC1CN(c2ccc(Cl)cc2CCN)CCO1. The van der Waals surface area contributed by atoms with Crippen molar-refractivity contribution in [1.29, 1.82) is 0 Å². The third kappa shape index (κ3) is 3.16. The highest BCUT2D eigenvalue weighted by molar-refractivity contribution is 6.30. The van der Waals surface area contributed by atoms with Crippen LogP contribution in [0.1, 0.15) is 18.9 Å². The summed E-state index contributed by atoms with van der Waals surface area (Å²) in [6.07, 6.45) is 2.25. The van der Waals surface area contributed by atoms with Gasteiger partial charge in [0.25, 0.3) is 0 Å². The Balaban J connectivity index is 2.20. The highest BCUT2D eigenvalue weighted by Gasteiger charge is 2.20. The second kappa shape index (κ2) is 6.41. The monoisotopic (exact) mass is 268 g/mol. The van der Waals surface area contributed by atoms with Crippen LogP contribution in [0.2, 0.25) is 5.02 Å². The van der Waals surface area contributed by atoms with E-state index in [9.17, 15) is 0 Å². The molecule has 1 heterocycles. The standard InChI is InChI=1S/C14H21ClN2O/c1-2-13-10-17(7-8-18-13)14-4-3-12(15)9-11(14)5-6-16/h3-4,9,13H,2,5-8,10,16H2,1H3. The van der Waals surface area contributed by atoms with Gasteiger partial charge in [0.1, 0.15) is 0 Å². The maximum Gasteiger partial charge on any atom is 0.0748 e. The third-order valence-electron chi connectivity index (χ3n) is 3.39.